The molecule has 0 saturated heterocycles. The molecular weight excluding hydrogens is 378 g/mol. The summed E-state index contributed by atoms with van der Waals surface area (Å²) in [5.41, 5.74) is 6.42. The SMILES string of the molecule is NC(=O)c1ccc(NC(=S)NCCOc2ccc(Br)cc2)cc1. The van der Waals surface area contributed by atoms with Crippen LogP contribution >= 0.6 is 28.1 Å². The third-order valence-electron chi connectivity index (χ3n) is 2.90. The number of halogens is 1. The minimum atomic E-state index is -0.456. The third-order valence-corrected chi connectivity index (χ3v) is 3.67. The molecule has 0 aliphatic carbocycles. The Morgan fingerprint density at radius 3 is 2.39 bits per heavy atom. The fraction of sp³-hybridized carbons (Fsp3) is 0.125. The van der Waals surface area contributed by atoms with Crippen LogP contribution in [0.25, 0.3) is 0 Å². The molecule has 0 aliphatic rings. The first-order chi connectivity index (χ1) is 11.0. The summed E-state index contributed by atoms with van der Waals surface area (Å²) in [6.07, 6.45) is 0. The van der Waals surface area contributed by atoms with Crippen molar-refractivity contribution in [3.63, 3.8) is 0 Å². The van der Waals surface area contributed by atoms with Crippen molar-refractivity contribution >= 4 is 44.9 Å². The second-order valence-corrected chi connectivity index (χ2v) is 5.95. The molecule has 0 aromatic heterocycles. The van der Waals surface area contributed by atoms with Gasteiger partial charge in [0.2, 0.25) is 5.91 Å². The van der Waals surface area contributed by atoms with Gasteiger partial charge in [-0.25, -0.2) is 0 Å². The van der Waals surface area contributed by atoms with E-state index in [1.54, 1.807) is 24.3 Å². The molecule has 0 aliphatic heterocycles. The summed E-state index contributed by atoms with van der Waals surface area (Å²) in [6, 6.07) is 14.4. The first kappa shape index (κ1) is 17.2. The van der Waals surface area contributed by atoms with Gasteiger partial charge < -0.3 is 21.1 Å². The van der Waals surface area contributed by atoms with Crippen molar-refractivity contribution in [2.75, 3.05) is 18.5 Å². The predicted octanol–water partition coefficient (Wildman–Crippen LogP) is 2.91. The number of nitrogens with one attached hydrogen (secondary N) is 2. The van der Waals surface area contributed by atoms with Crippen LogP contribution in [-0.4, -0.2) is 24.2 Å². The van der Waals surface area contributed by atoms with Crippen LogP contribution in [0.2, 0.25) is 0 Å². The van der Waals surface area contributed by atoms with Gasteiger partial charge in [-0.15, -0.1) is 0 Å². The predicted molar refractivity (Wildman–Crippen MR) is 98.8 cm³/mol. The van der Waals surface area contributed by atoms with Gasteiger partial charge >= 0.3 is 0 Å². The van der Waals surface area contributed by atoms with Crippen molar-refractivity contribution in [2.45, 2.75) is 0 Å². The van der Waals surface area contributed by atoms with Crippen LogP contribution in [-0.2, 0) is 0 Å². The Labute approximate surface area is 148 Å². The molecule has 120 valence electrons. The number of carbonyl (C=O) groups excluding carboxylic acids is 1. The first-order valence-corrected chi connectivity index (χ1v) is 8.08. The number of benzene rings is 2. The number of rotatable bonds is 6. The molecule has 0 bridgehead atoms. The monoisotopic (exact) mass is 393 g/mol. The standard InChI is InChI=1S/C16H16BrN3O2S/c17-12-3-7-14(8-4-12)22-10-9-19-16(23)20-13-5-1-11(2-6-13)15(18)21/h1-8H,9-10H2,(H2,18,21)(H2,19,20,23). The number of hydrogen-bond acceptors (Lipinski definition) is 3. The van der Waals surface area contributed by atoms with Crippen LogP contribution in [0.15, 0.2) is 53.0 Å². The first-order valence-electron chi connectivity index (χ1n) is 6.87. The number of nitrogens with two attached hydrogens (primary N) is 1. The van der Waals surface area contributed by atoms with E-state index in [2.05, 4.69) is 26.6 Å². The minimum Gasteiger partial charge on any atom is -0.492 e. The van der Waals surface area contributed by atoms with Crippen LogP contribution in [0.1, 0.15) is 10.4 Å². The highest BCUT2D eigenvalue weighted by molar-refractivity contribution is 9.10. The molecule has 0 fully saturated rings. The second-order valence-electron chi connectivity index (χ2n) is 4.62. The van der Waals surface area contributed by atoms with Crippen molar-refractivity contribution in [1.82, 2.24) is 5.32 Å². The zero-order valence-electron chi connectivity index (χ0n) is 12.2. The molecule has 0 unspecified atom stereocenters. The highest BCUT2D eigenvalue weighted by atomic mass is 79.9. The van der Waals surface area contributed by atoms with Gasteiger partial charge in [-0.05, 0) is 60.7 Å². The molecule has 0 spiro atoms. The van der Waals surface area contributed by atoms with E-state index in [1.165, 1.54) is 0 Å². The Morgan fingerprint density at radius 2 is 1.78 bits per heavy atom. The van der Waals surface area contributed by atoms with Crippen LogP contribution in [0.3, 0.4) is 0 Å². The average Bonchev–Trinajstić information content (AvgIpc) is 2.54. The Balaban J connectivity index is 1.70. The summed E-state index contributed by atoms with van der Waals surface area (Å²) >= 11 is 8.56. The van der Waals surface area contributed by atoms with Crippen molar-refractivity contribution in [2.24, 2.45) is 5.73 Å². The van der Waals surface area contributed by atoms with E-state index in [4.69, 9.17) is 22.7 Å². The third kappa shape index (κ3) is 5.88. The van der Waals surface area contributed by atoms with E-state index in [0.29, 0.717) is 23.8 Å². The topological polar surface area (TPSA) is 76.4 Å². The summed E-state index contributed by atoms with van der Waals surface area (Å²) in [5, 5.41) is 6.55. The van der Waals surface area contributed by atoms with Crippen molar-refractivity contribution in [1.29, 1.82) is 0 Å². The normalized spacial score (nSPS) is 9.96. The molecular formula is C16H16BrN3O2S. The maximum Gasteiger partial charge on any atom is 0.248 e. The molecule has 1 amide bonds. The molecule has 0 radical (unpaired) electrons. The number of thiocarbonyl (C=S) groups is 1. The van der Waals surface area contributed by atoms with Gasteiger partial charge in [0.1, 0.15) is 12.4 Å². The molecule has 2 aromatic rings. The maximum absolute atomic E-state index is 11.0. The Bertz CT molecular complexity index is 675. The summed E-state index contributed by atoms with van der Waals surface area (Å²) in [4.78, 5) is 11.0. The van der Waals surface area contributed by atoms with E-state index in [-0.39, 0.29) is 0 Å². The van der Waals surface area contributed by atoms with E-state index >= 15 is 0 Å². The fourth-order valence-corrected chi connectivity index (χ4v) is 2.24. The highest BCUT2D eigenvalue weighted by Gasteiger charge is 2.01. The lowest BCUT2D eigenvalue weighted by atomic mass is 10.2. The zero-order valence-corrected chi connectivity index (χ0v) is 14.6. The summed E-state index contributed by atoms with van der Waals surface area (Å²) in [6.45, 7) is 1.06. The minimum absolute atomic E-state index is 0.456. The molecule has 2 rings (SSSR count). The molecule has 5 nitrogen and oxygen atoms in total. The maximum atomic E-state index is 11.0. The Morgan fingerprint density at radius 1 is 1.13 bits per heavy atom. The van der Waals surface area contributed by atoms with Crippen LogP contribution in [0.4, 0.5) is 5.69 Å². The lowest BCUT2D eigenvalue weighted by Gasteiger charge is -2.11. The van der Waals surface area contributed by atoms with Crippen LogP contribution < -0.4 is 21.1 Å². The molecule has 7 heteroatoms. The van der Waals surface area contributed by atoms with E-state index in [0.717, 1.165) is 15.9 Å². The quantitative estimate of drug-likeness (QED) is 0.519. The average molecular weight is 394 g/mol. The highest BCUT2D eigenvalue weighted by Crippen LogP contribution is 2.15. The molecule has 0 saturated carbocycles. The summed E-state index contributed by atoms with van der Waals surface area (Å²) in [5.74, 6) is 0.346. The number of primary amides is 1. The van der Waals surface area contributed by atoms with Gasteiger partial charge in [0.25, 0.3) is 0 Å². The lowest BCUT2D eigenvalue weighted by Crippen LogP contribution is -2.31. The number of anilines is 1. The smallest absolute Gasteiger partial charge is 0.248 e. The van der Waals surface area contributed by atoms with Gasteiger partial charge in [0.05, 0.1) is 6.54 Å². The molecule has 23 heavy (non-hydrogen) atoms. The van der Waals surface area contributed by atoms with Gasteiger partial charge in [-0.2, -0.15) is 0 Å². The van der Waals surface area contributed by atoms with E-state index in [9.17, 15) is 4.79 Å². The van der Waals surface area contributed by atoms with Crippen molar-refractivity contribution in [3.8, 4) is 5.75 Å². The fourth-order valence-electron chi connectivity index (χ4n) is 1.76. The van der Waals surface area contributed by atoms with Gasteiger partial charge in [0.15, 0.2) is 5.11 Å². The molecule has 4 N–H and O–H groups in total. The Hall–Kier alpha value is -2.12. The lowest BCUT2D eigenvalue weighted by molar-refractivity contribution is 0.100. The summed E-state index contributed by atoms with van der Waals surface area (Å²) in [7, 11) is 0. The van der Waals surface area contributed by atoms with E-state index < -0.39 is 5.91 Å². The van der Waals surface area contributed by atoms with Crippen molar-refractivity contribution < 1.29 is 9.53 Å². The second kappa shape index (κ2) is 8.50. The zero-order chi connectivity index (χ0) is 16.7. The number of ether oxygens (including phenoxy) is 1. The number of hydrogen-bond donors (Lipinski definition) is 3. The van der Waals surface area contributed by atoms with E-state index in [1.807, 2.05) is 24.3 Å². The number of carbonyl (C=O) groups is 1. The molecule has 0 atom stereocenters. The van der Waals surface area contributed by atoms with Crippen LogP contribution in [0.5, 0.6) is 5.75 Å². The van der Waals surface area contributed by atoms with Gasteiger partial charge in [-0.3, -0.25) is 4.79 Å². The Kier molecular flexibility index (Phi) is 6.37. The van der Waals surface area contributed by atoms with Gasteiger partial charge in [0, 0.05) is 15.7 Å². The molecule has 2 aromatic carbocycles. The van der Waals surface area contributed by atoms with Gasteiger partial charge in [-0.1, -0.05) is 15.9 Å². The van der Waals surface area contributed by atoms with Crippen molar-refractivity contribution in [3.05, 3.63) is 58.6 Å². The largest absolute Gasteiger partial charge is 0.492 e. The van der Waals surface area contributed by atoms with Crippen LogP contribution in [0, 0.1) is 0 Å². The summed E-state index contributed by atoms with van der Waals surface area (Å²) < 4.78 is 6.59. The molecule has 0 heterocycles. The number of amides is 1.